The standard InChI is InChI=1S/C16H18FNO/c1-11(2)19-15-5-3-4-13(10-15)16(18)12-6-8-14(17)9-7-12/h3-11,16H,18H2,1-2H3. The number of ether oxygens (including phenoxy) is 1. The molecule has 2 N–H and O–H groups in total. The van der Waals surface area contributed by atoms with Crippen LogP contribution in [0.1, 0.15) is 31.0 Å². The second kappa shape index (κ2) is 5.85. The largest absolute Gasteiger partial charge is 0.491 e. The maximum absolute atomic E-state index is 12.9. The summed E-state index contributed by atoms with van der Waals surface area (Å²) in [6.45, 7) is 3.96. The van der Waals surface area contributed by atoms with Gasteiger partial charge in [0.15, 0.2) is 0 Å². The van der Waals surface area contributed by atoms with Gasteiger partial charge in [0.25, 0.3) is 0 Å². The minimum atomic E-state index is -0.281. The normalized spacial score (nSPS) is 12.5. The highest BCUT2D eigenvalue weighted by molar-refractivity contribution is 5.36. The second-order valence-electron chi connectivity index (χ2n) is 4.77. The molecule has 1 unspecified atom stereocenters. The Kier molecular flexibility index (Phi) is 4.17. The number of rotatable bonds is 4. The highest BCUT2D eigenvalue weighted by Gasteiger charge is 2.10. The van der Waals surface area contributed by atoms with E-state index >= 15 is 0 Å². The fraction of sp³-hybridized carbons (Fsp3) is 0.250. The van der Waals surface area contributed by atoms with Crippen molar-refractivity contribution in [1.29, 1.82) is 0 Å². The fourth-order valence-corrected chi connectivity index (χ4v) is 1.92. The molecule has 0 radical (unpaired) electrons. The number of benzene rings is 2. The third kappa shape index (κ3) is 3.55. The van der Waals surface area contributed by atoms with Gasteiger partial charge in [0, 0.05) is 0 Å². The Hall–Kier alpha value is -1.87. The summed E-state index contributed by atoms with van der Waals surface area (Å²) in [5.74, 6) is 0.540. The van der Waals surface area contributed by atoms with Gasteiger partial charge >= 0.3 is 0 Å². The number of halogens is 1. The Morgan fingerprint density at radius 3 is 2.32 bits per heavy atom. The molecule has 2 rings (SSSR count). The monoisotopic (exact) mass is 259 g/mol. The van der Waals surface area contributed by atoms with Crippen LogP contribution in [-0.4, -0.2) is 6.10 Å². The minimum absolute atomic E-state index is 0.122. The van der Waals surface area contributed by atoms with Crippen LogP contribution in [0.4, 0.5) is 4.39 Å². The van der Waals surface area contributed by atoms with Crippen molar-refractivity contribution in [3.05, 3.63) is 65.5 Å². The summed E-state index contributed by atoms with van der Waals surface area (Å²) in [5.41, 5.74) is 8.01. The van der Waals surface area contributed by atoms with Crippen LogP contribution in [0.3, 0.4) is 0 Å². The molecule has 19 heavy (non-hydrogen) atoms. The quantitative estimate of drug-likeness (QED) is 0.909. The van der Waals surface area contributed by atoms with Gasteiger partial charge in [0.2, 0.25) is 0 Å². The number of hydrogen-bond donors (Lipinski definition) is 1. The van der Waals surface area contributed by atoms with Crippen LogP contribution in [-0.2, 0) is 0 Å². The molecule has 2 aromatic rings. The smallest absolute Gasteiger partial charge is 0.123 e. The SMILES string of the molecule is CC(C)Oc1cccc(C(N)c2ccc(F)cc2)c1. The van der Waals surface area contributed by atoms with E-state index in [-0.39, 0.29) is 18.0 Å². The Balaban J connectivity index is 2.23. The van der Waals surface area contributed by atoms with Gasteiger partial charge in [-0.25, -0.2) is 4.39 Å². The van der Waals surface area contributed by atoms with Crippen LogP contribution in [0.25, 0.3) is 0 Å². The van der Waals surface area contributed by atoms with Crippen LogP contribution >= 0.6 is 0 Å². The lowest BCUT2D eigenvalue weighted by atomic mass is 9.99. The predicted molar refractivity (Wildman–Crippen MR) is 74.6 cm³/mol. The van der Waals surface area contributed by atoms with E-state index in [1.54, 1.807) is 12.1 Å². The molecule has 0 spiro atoms. The molecule has 3 heteroatoms. The van der Waals surface area contributed by atoms with Gasteiger partial charge in [-0.1, -0.05) is 24.3 Å². The van der Waals surface area contributed by atoms with Crippen LogP contribution in [0, 0.1) is 5.82 Å². The average Bonchev–Trinajstić information content (AvgIpc) is 2.38. The topological polar surface area (TPSA) is 35.2 Å². The average molecular weight is 259 g/mol. The summed E-state index contributed by atoms with van der Waals surface area (Å²) in [4.78, 5) is 0. The highest BCUT2D eigenvalue weighted by Crippen LogP contribution is 2.24. The Morgan fingerprint density at radius 2 is 1.68 bits per heavy atom. The molecule has 0 aliphatic carbocycles. The summed E-state index contributed by atoms with van der Waals surface area (Å²) in [6, 6.07) is 13.7. The van der Waals surface area contributed by atoms with Gasteiger partial charge in [-0.15, -0.1) is 0 Å². The molecule has 2 nitrogen and oxygen atoms in total. The summed E-state index contributed by atoms with van der Waals surface area (Å²) in [7, 11) is 0. The summed E-state index contributed by atoms with van der Waals surface area (Å²) in [6.07, 6.45) is 0.122. The second-order valence-corrected chi connectivity index (χ2v) is 4.77. The maximum Gasteiger partial charge on any atom is 0.123 e. The first-order valence-electron chi connectivity index (χ1n) is 6.34. The molecular formula is C16H18FNO. The third-order valence-electron chi connectivity index (χ3n) is 2.82. The zero-order valence-electron chi connectivity index (χ0n) is 11.1. The van der Waals surface area contributed by atoms with E-state index in [4.69, 9.17) is 10.5 Å². The molecule has 0 aromatic heterocycles. The van der Waals surface area contributed by atoms with Crippen molar-refractivity contribution in [2.75, 3.05) is 0 Å². The molecule has 0 bridgehead atoms. The fourth-order valence-electron chi connectivity index (χ4n) is 1.92. The van der Waals surface area contributed by atoms with Crippen molar-refractivity contribution in [2.24, 2.45) is 5.73 Å². The zero-order chi connectivity index (χ0) is 13.8. The Labute approximate surface area is 113 Å². The van der Waals surface area contributed by atoms with E-state index < -0.39 is 0 Å². The molecule has 0 saturated carbocycles. The lowest BCUT2D eigenvalue weighted by molar-refractivity contribution is 0.242. The number of hydrogen-bond acceptors (Lipinski definition) is 2. The molecular weight excluding hydrogens is 241 g/mol. The Bertz CT molecular complexity index is 537. The van der Waals surface area contributed by atoms with E-state index in [0.29, 0.717) is 0 Å². The first-order chi connectivity index (χ1) is 9.06. The van der Waals surface area contributed by atoms with Crippen LogP contribution < -0.4 is 10.5 Å². The molecule has 1 atom stereocenters. The zero-order valence-corrected chi connectivity index (χ0v) is 11.1. The van der Waals surface area contributed by atoms with Gasteiger partial charge in [0.05, 0.1) is 12.1 Å². The van der Waals surface area contributed by atoms with Gasteiger partial charge in [-0.3, -0.25) is 0 Å². The molecule has 2 aromatic carbocycles. The van der Waals surface area contributed by atoms with Gasteiger partial charge < -0.3 is 10.5 Å². The van der Waals surface area contributed by atoms with Crippen molar-refractivity contribution in [3.8, 4) is 5.75 Å². The first kappa shape index (κ1) is 13.6. The first-order valence-corrected chi connectivity index (χ1v) is 6.34. The van der Waals surface area contributed by atoms with Crippen molar-refractivity contribution >= 4 is 0 Å². The maximum atomic E-state index is 12.9. The predicted octanol–water partition coefficient (Wildman–Crippen LogP) is 3.66. The molecule has 0 fully saturated rings. The van der Waals surface area contributed by atoms with Gasteiger partial charge in [-0.05, 0) is 49.2 Å². The number of nitrogens with two attached hydrogens (primary N) is 1. The molecule has 0 amide bonds. The van der Waals surface area contributed by atoms with Crippen molar-refractivity contribution in [2.45, 2.75) is 26.0 Å². The van der Waals surface area contributed by atoms with E-state index in [0.717, 1.165) is 16.9 Å². The summed E-state index contributed by atoms with van der Waals surface area (Å²) < 4.78 is 18.5. The molecule has 0 saturated heterocycles. The summed E-state index contributed by atoms with van der Waals surface area (Å²) >= 11 is 0. The van der Waals surface area contributed by atoms with Crippen LogP contribution in [0.5, 0.6) is 5.75 Å². The molecule has 100 valence electrons. The molecule has 0 heterocycles. The van der Waals surface area contributed by atoms with E-state index in [1.807, 2.05) is 38.1 Å². The third-order valence-corrected chi connectivity index (χ3v) is 2.82. The Morgan fingerprint density at radius 1 is 1.00 bits per heavy atom. The van der Waals surface area contributed by atoms with Gasteiger partial charge in [0.1, 0.15) is 11.6 Å². The van der Waals surface area contributed by atoms with E-state index in [1.165, 1.54) is 12.1 Å². The van der Waals surface area contributed by atoms with E-state index in [2.05, 4.69) is 0 Å². The van der Waals surface area contributed by atoms with Crippen molar-refractivity contribution < 1.29 is 9.13 Å². The van der Waals surface area contributed by atoms with Crippen molar-refractivity contribution in [1.82, 2.24) is 0 Å². The van der Waals surface area contributed by atoms with Gasteiger partial charge in [-0.2, -0.15) is 0 Å². The lowest BCUT2D eigenvalue weighted by Crippen LogP contribution is -2.12. The molecule has 0 aliphatic rings. The summed E-state index contributed by atoms with van der Waals surface area (Å²) in [5, 5.41) is 0. The molecule has 0 aliphatic heterocycles. The van der Waals surface area contributed by atoms with Crippen molar-refractivity contribution in [3.63, 3.8) is 0 Å². The highest BCUT2D eigenvalue weighted by atomic mass is 19.1. The minimum Gasteiger partial charge on any atom is -0.491 e. The van der Waals surface area contributed by atoms with Crippen LogP contribution in [0.2, 0.25) is 0 Å². The van der Waals surface area contributed by atoms with Crippen LogP contribution in [0.15, 0.2) is 48.5 Å². The van der Waals surface area contributed by atoms with E-state index in [9.17, 15) is 4.39 Å². The lowest BCUT2D eigenvalue weighted by Gasteiger charge is -2.15.